The molecule has 0 amide bonds. The molecule has 0 unspecified atom stereocenters. The summed E-state index contributed by atoms with van der Waals surface area (Å²) in [6, 6.07) is 10.8. The van der Waals surface area contributed by atoms with Crippen molar-refractivity contribution in [2.75, 3.05) is 6.61 Å². The number of hydrogen-bond acceptors (Lipinski definition) is 5. The van der Waals surface area contributed by atoms with Crippen molar-refractivity contribution < 1.29 is 9.53 Å². The number of fused-ring (bicyclic) bond motifs is 1. The second kappa shape index (κ2) is 6.37. The van der Waals surface area contributed by atoms with Crippen LogP contribution in [0.4, 0.5) is 0 Å². The first-order valence-electron chi connectivity index (χ1n) is 7.42. The molecular formula is C17H15N3O3S. The van der Waals surface area contributed by atoms with Crippen LogP contribution in [0.25, 0.3) is 16.7 Å². The molecule has 1 aromatic carbocycles. The Kier molecular flexibility index (Phi) is 4.26. The van der Waals surface area contributed by atoms with Gasteiger partial charge in [0.1, 0.15) is 0 Å². The quantitative estimate of drug-likeness (QED) is 0.585. The molecule has 0 saturated carbocycles. The second-order valence-corrected chi connectivity index (χ2v) is 5.55. The minimum Gasteiger partial charge on any atom is -0.462 e. The molecule has 122 valence electrons. The molecule has 0 fully saturated rings. The van der Waals surface area contributed by atoms with Gasteiger partial charge in [0.25, 0.3) is 5.56 Å². The molecule has 0 atom stereocenters. The van der Waals surface area contributed by atoms with Gasteiger partial charge in [0.05, 0.1) is 17.6 Å². The molecule has 2 aromatic heterocycles. The maximum absolute atomic E-state index is 12.4. The molecule has 1 N–H and O–H groups in total. The van der Waals surface area contributed by atoms with Gasteiger partial charge in [0, 0.05) is 11.4 Å². The summed E-state index contributed by atoms with van der Waals surface area (Å²) < 4.78 is 6.92. The van der Waals surface area contributed by atoms with Gasteiger partial charge in [-0.2, -0.15) is 0 Å². The molecule has 0 aliphatic rings. The Morgan fingerprint density at radius 1 is 1.33 bits per heavy atom. The zero-order chi connectivity index (χ0) is 17.3. The topological polar surface area (TPSA) is 77.0 Å². The Hall–Kier alpha value is -2.80. The fourth-order valence-corrected chi connectivity index (χ4v) is 2.83. The Balaban J connectivity index is 2.46. The van der Waals surface area contributed by atoms with E-state index in [0.29, 0.717) is 11.3 Å². The Labute approximate surface area is 142 Å². The fourth-order valence-electron chi connectivity index (χ4n) is 2.54. The highest BCUT2D eigenvalue weighted by Gasteiger charge is 2.19. The predicted molar refractivity (Wildman–Crippen MR) is 93.2 cm³/mol. The van der Waals surface area contributed by atoms with Crippen molar-refractivity contribution in [3.05, 3.63) is 62.8 Å². The number of pyridine rings is 1. The van der Waals surface area contributed by atoms with E-state index in [1.807, 2.05) is 30.3 Å². The number of carbonyl (C=O) groups is 1. The molecule has 0 aliphatic heterocycles. The van der Waals surface area contributed by atoms with E-state index in [2.05, 4.69) is 9.97 Å². The van der Waals surface area contributed by atoms with Gasteiger partial charge in [0.15, 0.2) is 10.4 Å². The van der Waals surface area contributed by atoms with Crippen molar-refractivity contribution in [2.45, 2.75) is 13.8 Å². The fraction of sp³-hybridized carbons (Fsp3) is 0.176. The van der Waals surface area contributed by atoms with Crippen LogP contribution >= 0.6 is 12.2 Å². The van der Waals surface area contributed by atoms with Crippen LogP contribution < -0.4 is 5.56 Å². The van der Waals surface area contributed by atoms with Gasteiger partial charge in [0.2, 0.25) is 0 Å². The zero-order valence-corrected chi connectivity index (χ0v) is 14.0. The average molecular weight is 341 g/mol. The van der Waals surface area contributed by atoms with Crippen molar-refractivity contribution in [2.24, 2.45) is 0 Å². The van der Waals surface area contributed by atoms with Crippen molar-refractivity contribution >= 4 is 29.2 Å². The van der Waals surface area contributed by atoms with Gasteiger partial charge < -0.3 is 4.74 Å². The van der Waals surface area contributed by atoms with E-state index >= 15 is 0 Å². The van der Waals surface area contributed by atoms with E-state index in [1.165, 1.54) is 0 Å². The first kappa shape index (κ1) is 16.1. The summed E-state index contributed by atoms with van der Waals surface area (Å²) >= 11 is 5.30. The molecular weight excluding hydrogens is 326 g/mol. The number of esters is 1. The van der Waals surface area contributed by atoms with Gasteiger partial charge >= 0.3 is 5.97 Å². The van der Waals surface area contributed by atoms with Crippen LogP contribution in [0.5, 0.6) is 0 Å². The summed E-state index contributed by atoms with van der Waals surface area (Å²) in [7, 11) is 0. The number of nitrogens with one attached hydrogen (secondary N) is 1. The zero-order valence-electron chi connectivity index (χ0n) is 13.2. The molecule has 7 heteroatoms. The van der Waals surface area contributed by atoms with E-state index in [4.69, 9.17) is 17.0 Å². The maximum atomic E-state index is 12.4. The summed E-state index contributed by atoms with van der Waals surface area (Å²) in [5, 5.41) is 0.163. The van der Waals surface area contributed by atoms with Crippen LogP contribution in [0.15, 0.2) is 41.2 Å². The van der Waals surface area contributed by atoms with Crippen molar-refractivity contribution in [3.63, 3.8) is 0 Å². The largest absolute Gasteiger partial charge is 0.462 e. The number of carbonyl (C=O) groups excluding carboxylic acids is 1. The lowest BCUT2D eigenvalue weighted by atomic mass is 10.1. The van der Waals surface area contributed by atoms with Gasteiger partial charge in [-0.3, -0.25) is 14.3 Å². The van der Waals surface area contributed by atoms with Gasteiger partial charge in [-0.15, -0.1) is 0 Å². The predicted octanol–water partition coefficient (Wildman–Crippen LogP) is 2.93. The molecule has 24 heavy (non-hydrogen) atoms. The Morgan fingerprint density at radius 3 is 2.71 bits per heavy atom. The van der Waals surface area contributed by atoms with Crippen LogP contribution in [0.3, 0.4) is 0 Å². The Morgan fingerprint density at radius 2 is 2.04 bits per heavy atom. The van der Waals surface area contributed by atoms with Gasteiger partial charge in [-0.05, 0) is 44.3 Å². The number of ether oxygens (including phenoxy) is 1. The molecule has 0 radical (unpaired) electrons. The summed E-state index contributed by atoms with van der Waals surface area (Å²) in [6.45, 7) is 3.68. The number of para-hydroxylation sites is 1. The average Bonchev–Trinajstić information content (AvgIpc) is 2.55. The normalized spacial score (nSPS) is 10.8. The van der Waals surface area contributed by atoms with Gasteiger partial charge in [-0.1, -0.05) is 18.2 Å². The molecule has 0 aliphatic carbocycles. The maximum Gasteiger partial charge on any atom is 0.339 e. The third kappa shape index (κ3) is 2.74. The highest BCUT2D eigenvalue weighted by atomic mass is 32.1. The molecule has 3 aromatic rings. The van der Waals surface area contributed by atoms with E-state index in [-0.39, 0.29) is 22.3 Å². The summed E-state index contributed by atoms with van der Waals surface area (Å²) in [4.78, 5) is 31.8. The highest BCUT2D eigenvalue weighted by Crippen LogP contribution is 2.19. The summed E-state index contributed by atoms with van der Waals surface area (Å²) in [5.41, 5.74) is 1.39. The number of nitrogens with zero attached hydrogens (tertiary/aromatic N) is 2. The third-order valence-electron chi connectivity index (χ3n) is 3.50. The van der Waals surface area contributed by atoms with E-state index < -0.39 is 11.5 Å². The lowest BCUT2D eigenvalue weighted by molar-refractivity contribution is 0.0528. The Bertz CT molecular complexity index is 1040. The minimum atomic E-state index is -0.560. The smallest absolute Gasteiger partial charge is 0.339 e. The monoisotopic (exact) mass is 341 g/mol. The van der Waals surface area contributed by atoms with Crippen LogP contribution in [0.2, 0.25) is 0 Å². The van der Waals surface area contributed by atoms with Crippen LogP contribution in [-0.4, -0.2) is 27.1 Å². The van der Waals surface area contributed by atoms with Crippen LogP contribution in [0.1, 0.15) is 23.0 Å². The lowest BCUT2D eigenvalue weighted by Crippen LogP contribution is -2.19. The second-order valence-electron chi connectivity index (χ2n) is 5.16. The molecule has 2 heterocycles. The molecule has 0 bridgehead atoms. The van der Waals surface area contributed by atoms with Crippen LogP contribution in [0, 0.1) is 11.7 Å². The lowest BCUT2D eigenvalue weighted by Gasteiger charge is -2.13. The van der Waals surface area contributed by atoms with Crippen molar-refractivity contribution in [3.8, 4) is 5.69 Å². The standard InChI is InChI=1S/C17H15N3O3S/c1-3-23-16(22)12-9-10(2)18-14-13(12)15(21)19-17(24)20(14)11-7-5-4-6-8-11/h4-9H,3H2,1-2H3,(H,19,21,24). The number of H-pyrrole nitrogens is 1. The molecule has 3 rings (SSSR count). The first-order valence-corrected chi connectivity index (χ1v) is 7.83. The van der Waals surface area contributed by atoms with E-state index in [9.17, 15) is 9.59 Å². The van der Waals surface area contributed by atoms with Crippen molar-refractivity contribution in [1.29, 1.82) is 0 Å². The van der Waals surface area contributed by atoms with Crippen LogP contribution in [-0.2, 0) is 4.74 Å². The SMILES string of the molecule is CCOC(=O)c1cc(C)nc2c1c(=O)[nH]c(=S)n2-c1ccccc1. The third-order valence-corrected chi connectivity index (χ3v) is 3.79. The summed E-state index contributed by atoms with van der Waals surface area (Å²) in [5.74, 6) is -0.560. The van der Waals surface area contributed by atoms with Crippen molar-refractivity contribution in [1.82, 2.24) is 14.5 Å². The summed E-state index contributed by atoms with van der Waals surface area (Å²) in [6.07, 6.45) is 0. The van der Waals surface area contributed by atoms with E-state index in [1.54, 1.807) is 24.5 Å². The number of hydrogen-bond donors (Lipinski definition) is 1. The number of rotatable bonds is 3. The number of aromatic nitrogens is 3. The first-order chi connectivity index (χ1) is 11.5. The number of aryl methyl sites for hydroxylation is 1. The van der Waals surface area contributed by atoms with Gasteiger partial charge in [-0.25, -0.2) is 9.78 Å². The van der Waals surface area contributed by atoms with E-state index in [0.717, 1.165) is 5.69 Å². The number of aromatic amines is 1. The number of benzene rings is 1. The minimum absolute atomic E-state index is 0.163. The molecule has 0 saturated heterocycles. The molecule has 6 nitrogen and oxygen atoms in total. The highest BCUT2D eigenvalue weighted by molar-refractivity contribution is 7.71. The molecule has 0 spiro atoms.